The van der Waals surface area contributed by atoms with E-state index in [-0.39, 0.29) is 15.5 Å². The van der Waals surface area contributed by atoms with Crippen LogP contribution >= 0.6 is 0 Å². The Morgan fingerprint density at radius 3 is 2.05 bits per heavy atom. The summed E-state index contributed by atoms with van der Waals surface area (Å²) in [5.74, 6) is 0.405. The van der Waals surface area contributed by atoms with Crippen molar-refractivity contribution < 1.29 is 18.1 Å². The number of nitro benzene ring substituents is 1. The molecule has 0 radical (unpaired) electrons. The van der Waals surface area contributed by atoms with Crippen LogP contribution in [0, 0.1) is 15.5 Å². The number of carbonyl (C=O) groups excluding carboxylic acids is 1. The van der Waals surface area contributed by atoms with Gasteiger partial charge in [-0.05, 0) is 55.6 Å². The highest BCUT2D eigenvalue weighted by atomic mass is 32.2. The first kappa shape index (κ1) is 25.8. The van der Waals surface area contributed by atoms with Crippen LogP contribution < -0.4 is 10.6 Å². The van der Waals surface area contributed by atoms with Gasteiger partial charge in [-0.3, -0.25) is 15.5 Å². The minimum atomic E-state index is -3.88. The molecule has 12 heteroatoms. The van der Waals surface area contributed by atoms with Crippen molar-refractivity contribution in [1.29, 1.82) is 5.41 Å². The second kappa shape index (κ2) is 10.8. The minimum Gasteiger partial charge on any atom is -0.354 e. The number of hydrogen-bond donors (Lipinski definition) is 3. The van der Waals surface area contributed by atoms with Crippen LogP contribution in [0.15, 0.2) is 82.6 Å². The number of carbonyl (C=O) groups is 1. The van der Waals surface area contributed by atoms with Crippen molar-refractivity contribution in [3.63, 3.8) is 0 Å². The van der Waals surface area contributed by atoms with E-state index >= 15 is 0 Å². The molecule has 1 heterocycles. The first-order valence-electron chi connectivity index (χ1n) is 11.4. The predicted molar refractivity (Wildman–Crippen MR) is 140 cm³/mol. The Labute approximate surface area is 214 Å². The van der Waals surface area contributed by atoms with E-state index in [1.54, 1.807) is 18.2 Å². The first-order chi connectivity index (χ1) is 17.6. The van der Waals surface area contributed by atoms with Gasteiger partial charge in [-0.15, -0.1) is 0 Å². The average molecular weight is 523 g/mol. The van der Waals surface area contributed by atoms with Crippen molar-refractivity contribution in [2.24, 2.45) is 0 Å². The molecule has 1 fully saturated rings. The van der Waals surface area contributed by atoms with Crippen LogP contribution in [0.1, 0.15) is 5.56 Å². The minimum absolute atomic E-state index is 0.0116. The molecule has 0 atom stereocenters. The van der Waals surface area contributed by atoms with Crippen molar-refractivity contribution in [2.45, 2.75) is 9.79 Å². The summed E-state index contributed by atoms with van der Waals surface area (Å²) < 4.78 is 25.6. The van der Waals surface area contributed by atoms with E-state index in [0.29, 0.717) is 22.8 Å². The molecule has 1 saturated heterocycles. The molecule has 192 valence electrons. The van der Waals surface area contributed by atoms with Crippen LogP contribution in [-0.2, 0) is 9.84 Å². The molecule has 4 rings (SSSR count). The van der Waals surface area contributed by atoms with Crippen molar-refractivity contribution in [1.82, 2.24) is 9.80 Å². The third-order valence-electron chi connectivity index (χ3n) is 5.99. The lowest BCUT2D eigenvalue weighted by Gasteiger charge is -2.34. The predicted octanol–water partition coefficient (Wildman–Crippen LogP) is 3.64. The number of hydrogen-bond acceptors (Lipinski definition) is 7. The van der Waals surface area contributed by atoms with Crippen molar-refractivity contribution in [2.75, 3.05) is 43.9 Å². The molecular weight excluding hydrogens is 496 g/mol. The smallest absolute Gasteiger partial charge is 0.323 e. The maximum absolute atomic E-state index is 12.8. The lowest BCUT2D eigenvalue weighted by molar-refractivity contribution is -0.384. The Morgan fingerprint density at radius 2 is 1.46 bits per heavy atom. The van der Waals surface area contributed by atoms with Gasteiger partial charge in [0.05, 0.1) is 14.7 Å². The topological polar surface area (TPSA) is 149 Å². The summed E-state index contributed by atoms with van der Waals surface area (Å²) in [6, 6.07) is 16.8. The molecule has 0 aliphatic carbocycles. The molecule has 37 heavy (non-hydrogen) atoms. The second-order valence-electron chi connectivity index (χ2n) is 8.58. The quantitative estimate of drug-likeness (QED) is 0.194. The summed E-state index contributed by atoms with van der Waals surface area (Å²) in [5.41, 5.74) is 1.39. The van der Waals surface area contributed by atoms with E-state index in [1.165, 1.54) is 36.4 Å². The number of amidine groups is 1. The molecule has 3 aromatic rings. The molecule has 3 N–H and O–H groups in total. The lowest BCUT2D eigenvalue weighted by atomic mass is 10.1. The van der Waals surface area contributed by atoms with Crippen LogP contribution in [0.2, 0.25) is 0 Å². The highest BCUT2D eigenvalue weighted by Gasteiger charge is 2.20. The fourth-order valence-corrected chi connectivity index (χ4v) is 5.11. The Balaban J connectivity index is 1.39. The zero-order valence-electron chi connectivity index (χ0n) is 20.0. The molecule has 0 bridgehead atoms. The molecule has 11 nitrogen and oxygen atoms in total. The number of non-ortho nitro benzene ring substituents is 1. The highest BCUT2D eigenvalue weighted by molar-refractivity contribution is 7.91. The van der Waals surface area contributed by atoms with Gasteiger partial charge in [-0.25, -0.2) is 13.2 Å². The summed E-state index contributed by atoms with van der Waals surface area (Å²) in [4.78, 5) is 26.9. The fourth-order valence-electron chi connectivity index (χ4n) is 3.85. The summed E-state index contributed by atoms with van der Waals surface area (Å²) in [5, 5.41) is 24.7. The van der Waals surface area contributed by atoms with E-state index in [9.17, 15) is 23.3 Å². The van der Waals surface area contributed by atoms with E-state index in [1.807, 2.05) is 11.0 Å². The summed E-state index contributed by atoms with van der Waals surface area (Å²) in [7, 11) is -1.83. The zero-order valence-corrected chi connectivity index (χ0v) is 20.9. The molecular formula is C25H26N6O5S. The number of benzene rings is 3. The summed E-state index contributed by atoms with van der Waals surface area (Å²) >= 11 is 0. The Bertz CT molecular complexity index is 1420. The Morgan fingerprint density at radius 1 is 0.892 bits per heavy atom. The van der Waals surface area contributed by atoms with Crippen molar-refractivity contribution in [3.05, 3.63) is 88.5 Å². The van der Waals surface area contributed by atoms with Crippen LogP contribution in [0.5, 0.6) is 0 Å². The number of nitrogens with one attached hydrogen (secondary N) is 3. The maximum Gasteiger partial charge on any atom is 0.323 e. The zero-order chi connectivity index (χ0) is 26.6. The van der Waals surface area contributed by atoms with Gasteiger partial charge in [0.15, 0.2) is 0 Å². The largest absolute Gasteiger partial charge is 0.354 e. The number of nitro groups is 1. The molecule has 1 aliphatic rings. The monoisotopic (exact) mass is 522 g/mol. The number of nitrogens with zero attached hydrogens (tertiary/aromatic N) is 3. The number of rotatable bonds is 6. The number of urea groups is 1. The van der Waals surface area contributed by atoms with Gasteiger partial charge in [0.25, 0.3) is 5.69 Å². The highest BCUT2D eigenvalue weighted by Crippen LogP contribution is 2.24. The van der Waals surface area contributed by atoms with Gasteiger partial charge in [0, 0.05) is 55.2 Å². The van der Waals surface area contributed by atoms with Crippen molar-refractivity contribution in [3.8, 4) is 0 Å². The van der Waals surface area contributed by atoms with Gasteiger partial charge in [0.2, 0.25) is 9.84 Å². The van der Waals surface area contributed by atoms with Gasteiger partial charge in [0.1, 0.15) is 5.84 Å². The van der Waals surface area contributed by atoms with E-state index in [4.69, 9.17) is 5.41 Å². The van der Waals surface area contributed by atoms with Crippen LogP contribution in [0.3, 0.4) is 0 Å². The van der Waals surface area contributed by atoms with Gasteiger partial charge in [-0.2, -0.15) is 0 Å². The number of amides is 2. The Kier molecular flexibility index (Phi) is 7.50. The summed E-state index contributed by atoms with van der Waals surface area (Å²) in [6.45, 7) is 3.31. The molecule has 2 amide bonds. The third-order valence-corrected chi connectivity index (χ3v) is 7.78. The second-order valence-corrected chi connectivity index (χ2v) is 10.5. The molecule has 0 spiro atoms. The standard InChI is InChI=1S/C25H26N6O5S/c1-29-13-15-30(16-14-29)24(26)18-3-2-4-20(17-18)28-25(32)27-19-5-9-22(10-6-19)37(35,36)23-11-7-21(8-12-23)31(33)34/h2-12,17,26H,13-16H2,1H3,(H2,27,28,32). The first-order valence-corrected chi connectivity index (χ1v) is 12.9. The number of sulfone groups is 1. The van der Waals surface area contributed by atoms with Crippen LogP contribution in [-0.4, -0.2) is 68.2 Å². The van der Waals surface area contributed by atoms with E-state index < -0.39 is 20.8 Å². The van der Waals surface area contributed by atoms with Gasteiger partial charge < -0.3 is 20.4 Å². The molecule has 0 unspecified atom stereocenters. The van der Waals surface area contributed by atoms with Crippen LogP contribution in [0.25, 0.3) is 0 Å². The lowest BCUT2D eigenvalue weighted by Crippen LogP contribution is -2.47. The average Bonchev–Trinajstić information content (AvgIpc) is 2.89. The Hall–Kier alpha value is -4.29. The van der Waals surface area contributed by atoms with E-state index in [0.717, 1.165) is 38.3 Å². The number of likely N-dealkylation sites (N-methyl/N-ethyl adjacent to an activating group) is 1. The summed E-state index contributed by atoms with van der Waals surface area (Å²) in [6.07, 6.45) is 0. The van der Waals surface area contributed by atoms with Crippen molar-refractivity contribution >= 4 is 38.8 Å². The normalized spacial score (nSPS) is 14.1. The van der Waals surface area contributed by atoms with E-state index in [2.05, 4.69) is 22.6 Å². The molecule has 0 saturated carbocycles. The molecule has 1 aliphatic heterocycles. The number of anilines is 2. The van der Waals surface area contributed by atoms with Gasteiger partial charge in [-0.1, -0.05) is 12.1 Å². The fraction of sp³-hybridized carbons (Fsp3) is 0.200. The molecule has 0 aromatic heterocycles. The third kappa shape index (κ3) is 6.11. The van der Waals surface area contributed by atoms with Gasteiger partial charge >= 0.3 is 6.03 Å². The van der Waals surface area contributed by atoms with Crippen LogP contribution in [0.4, 0.5) is 21.9 Å². The molecule has 3 aromatic carbocycles. The number of piperazine rings is 1. The SMILES string of the molecule is CN1CCN(C(=N)c2cccc(NC(=O)Nc3ccc(S(=O)(=O)c4ccc([N+](=O)[O-])cc4)cc3)c2)CC1. The maximum atomic E-state index is 12.8.